The number of fused-ring (bicyclic) bond motifs is 1. The molecule has 0 aliphatic carbocycles. The lowest BCUT2D eigenvalue weighted by Crippen LogP contribution is -2.67. The van der Waals surface area contributed by atoms with E-state index in [1.165, 1.54) is 6.33 Å². The SMILES string of the molecule is CO[C@@H]1[C@H](O)[C@@H](CO[Si](c2ccccc2)(c2ccccc2)C(C)(C)C)O[C@H]1n1cnc2c(N)ncnc21. The molecule has 3 N–H and O–H groups in total. The average molecular weight is 520 g/mol. The third kappa shape index (κ3) is 4.34. The second kappa shape index (κ2) is 9.96. The highest BCUT2D eigenvalue weighted by Crippen LogP contribution is 2.39. The molecule has 4 aromatic rings. The lowest BCUT2D eigenvalue weighted by atomic mass is 10.1. The Kier molecular flexibility index (Phi) is 6.86. The molecule has 2 aromatic carbocycles. The number of aliphatic hydroxyl groups is 1. The molecule has 194 valence electrons. The number of aliphatic hydroxyl groups excluding tert-OH is 1. The van der Waals surface area contributed by atoms with E-state index in [1.807, 2.05) is 36.4 Å². The quantitative estimate of drug-likeness (QED) is 0.357. The molecule has 9 nitrogen and oxygen atoms in total. The lowest BCUT2D eigenvalue weighted by molar-refractivity contribution is -0.0567. The Balaban J connectivity index is 1.49. The summed E-state index contributed by atoms with van der Waals surface area (Å²) in [5, 5.41) is 13.4. The van der Waals surface area contributed by atoms with Gasteiger partial charge in [-0.3, -0.25) is 4.57 Å². The summed E-state index contributed by atoms with van der Waals surface area (Å²) in [6.45, 7) is 6.84. The van der Waals surface area contributed by atoms with Crippen LogP contribution >= 0.6 is 0 Å². The van der Waals surface area contributed by atoms with Crippen LogP contribution in [0.15, 0.2) is 73.3 Å². The van der Waals surface area contributed by atoms with Crippen molar-refractivity contribution in [2.24, 2.45) is 0 Å². The fourth-order valence-electron chi connectivity index (χ4n) is 5.36. The zero-order valence-corrected chi connectivity index (χ0v) is 22.5. The number of nitrogens with zero attached hydrogens (tertiary/aromatic N) is 4. The van der Waals surface area contributed by atoms with Crippen LogP contribution in [0.4, 0.5) is 5.82 Å². The molecular formula is C27H33N5O4Si. The van der Waals surface area contributed by atoms with Crippen LogP contribution in [0.5, 0.6) is 0 Å². The van der Waals surface area contributed by atoms with E-state index in [0.29, 0.717) is 11.2 Å². The minimum atomic E-state index is -2.81. The van der Waals surface area contributed by atoms with Crippen molar-refractivity contribution in [3.05, 3.63) is 73.3 Å². The minimum Gasteiger partial charge on any atom is -0.405 e. The van der Waals surface area contributed by atoms with Crippen LogP contribution in [-0.4, -0.2) is 65.0 Å². The van der Waals surface area contributed by atoms with Crippen LogP contribution in [0.1, 0.15) is 27.0 Å². The van der Waals surface area contributed by atoms with E-state index in [9.17, 15) is 5.11 Å². The van der Waals surface area contributed by atoms with Crippen molar-refractivity contribution >= 4 is 35.7 Å². The van der Waals surface area contributed by atoms with Gasteiger partial charge in [-0.25, -0.2) is 15.0 Å². The van der Waals surface area contributed by atoms with Gasteiger partial charge in [0.25, 0.3) is 8.32 Å². The molecule has 2 aromatic heterocycles. The van der Waals surface area contributed by atoms with Crippen molar-refractivity contribution in [2.75, 3.05) is 19.5 Å². The van der Waals surface area contributed by atoms with Crippen LogP contribution < -0.4 is 16.1 Å². The number of hydrogen-bond acceptors (Lipinski definition) is 8. The largest absolute Gasteiger partial charge is 0.405 e. The van der Waals surface area contributed by atoms with Crippen molar-refractivity contribution in [1.29, 1.82) is 0 Å². The van der Waals surface area contributed by atoms with E-state index in [-0.39, 0.29) is 17.5 Å². The first kappa shape index (κ1) is 25.5. The first-order valence-electron chi connectivity index (χ1n) is 12.3. The second-order valence-electron chi connectivity index (χ2n) is 10.3. The van der Waals surface area contributed by atoms with Crippen molar-refractivity contribution in [3.8, 4) is 0 Å². The van der Waals surface area contributed by atoms with Crippen molar-refractivity contribution in [3.63, 3.8) is 0 Å². The summed E-state index contributed by atoms with van der Waals surface area (Å²) in [5.41, 5.74) is 6.96. The Morgan fingerprint density at radius 1 is 1.00 bits per heavy atom. The molecule has 1 aliphatic heterocycles. The zero-order chi connectivity index (χ0) is 26.2. The number of hydrogen-bond donors (Lipinski definition) is 2. The Hall–Kier alpha value is -3.15. The Morgan fingerprint density at radius 2 is 1.62 bits per heavy atom. The third-order valence-corrected chi connectivity index (χ3v) is 12.1. The molecule has 0 saturated carbocycles. The highest BCUT2D eigenvalue weighted by Gasteiger charge is 2.52. The fraction of sp³-hybridized carbons (Fsp3) is 0.370. The number of rotatable bonds is 7. The molecular weight excluding hydrogens is 486 g/mol. The van der Waals surface area contributed by atoms with Crippen molar-refractivity contribution < 1.29 is 19.0 Å². The molecule has 4 atom stereocenters. The van der Waals surface area contributed by atoms with Crippen LogP contribution in [0.25, 0.3) is 11.2 Å². The number of aromatic nitrogens is 4. The molecule has 37 heavy (non-hydrogen) atoms. The minimum absolute atomic E-state index is 0.189. The van der Waals surface area contributed by atoms with Gasteiger partial charge in [0, 0.05) is 7.11 Å². The van der Waals surface area contributed by atoms with E-state index < -0.39 is 32.9 Å². The number of nitrogen functional groups attached to an aromatic ring is 1. The van der Waals surface area contributed by atoms with Gasteiger partial charge < -0.3 is 24.7 Å². The van der Waals surface area contributed by atoms with Gasteiger partial charge in [0.15, 0.2) is 17.7 Å². The van der Waals surface area contributed by atoms with Crippen LogP contribution in [0.3, 0.4) is 0 Å². The van der Waals surface area contributed by atoms with Crippen LogP contribution in [-0.2, 0) is 13.9 Å². The van der Waals surface area contributed by atoms with Crippen molar-refractivity contribution in [2.45, 2.75) is 50.3 Å². The molecule has 3 heterocycles. The fourth-order valence-corrected chi connectivity index (χ4v) is 9.93. The Labute approximate surface area is 217 Å². The standard InChI is InChI=1S/C27H33N5O4Si/c1-27(2,3)37(18-11-7-5-8-12-18,19-13-9-6-10-14-19)35-15-20-22(33)23(34-4)26(36-20)32-17-31-21-24(28)29-16-30-25(21)32/h5-14,16-17,20,22-23,26,33H,15H2,1-4H3,(H2,28,29,30)/t20-,22-,23-,26-/m1/s1. The van der Waals surface area contributed by atoms with Gasteiger partial charge in [0.05, 0.1) is 12.9 Å². The highest BCUT2D eigenvalue weighted by atomic mass is 28.4. The summed E-state index contributed by atoms with van der Waals surface area (Å²) < 4.78 is 20.8. The third-order valence-electron chi connectivity index (χ3n) is 7.13. The first-order valence-corrected chi connectivity index (χ1v) is 14.2. The Morgan fingerprint density at radius 3 is 2.19 bits per heavy atom. The summed E-state index contributed by atoms with van der Waals surface area (Å²) in [7, 11) is -1.25. The summed E-state index contributed by atoms with van der Waals surface area (Å²) in [4.78, 5) is 12.7. The molecule has 5 rings (SSSR count). The van der Waals surface area contributed by atoms with Gasteiger partial charge in [-0.1, -0.05) is 81.4 Å². The number of methoxy groups -OCH3 is 1. The van der Waals surface area contributed by atoms with Gasteiger partial charge in [0.2, 0.25) is 0 Å². The number of anilines is 1. The molecule has 0 amide bonds. The van der Waals surface area contributed by atoms with E-state index >= 15 is 0 Å². The second-order valence-corrected chi connectivity index (χ2v) is 14.6. The van der Waals surface area contributed by atoms with Crippen molar-refractivity contribution in [1.82, 2.24) is 19.5 Å². The van der Waals surface area contributed by atoms with E-state index in [0.717, 1.165) is 10.4 Å². The van der Waals surface area contributed by atoms with Gasteiger partial charge in [-0.2, -0.15) is 0 Å². The Bertz CT molecular complexity index is 1310. The molecule has 1 saturated heterocycles. The normalized spacial score (nSPS) is 22.5. The van der Waals surface area contributed by atoms with Gasteiger partial charge in [-0.15, -0.1) is 0 Å². The maximum absolute atomic E-state index is 11.3. The van der Waals surface area contributed by atoms with E-state index in [2.05, 4.69) is 60.0 Å². The molecule has 1 fully saturated rings. The van der Waals surface area contributed by atoms with Crippen LogP contribution in [0.2, 0.25) is 5.04 Å². The maximum Gasteiger partial charge on any atom is 0.261 e. The summed E-state index contributed by atoms with van der Waals surface area (Å²) in [6, 6.07) is 20.8. The predicted octanol–water partition coefficient (Wildman–Crippen LogP) is 2.26. The molecule has 0 unspecified atom stereocenters. The number of nitrogens with two attached hydrogens (primary N) is 1. The van der Waals surface area contributed by atoms with E-state index in [4.69, 9.17) is 19.6 Å². The zero-order valence-electron chi connectivity index (χ0n) is 21.5. The number of ether oxygens (including phenoxy) is 2. The highest BCUT2D eigenvalue weighted by molar-refractivity contribution is 6.99. The molecule has 0 bridgehead atoms. The smallest absolute Gasteiger partial charge is 0.261 e. The average Bonchev–Trinajstić information content (AvgIpc) is 3.46. The lowest BCUT2D eigenvalue weighted by Gasteiger charge is -2.43. The van der Waals surface area contributed by atoms with Gasteiger partial charge >= 0.3 is 0 Å². The topological polar surface area (TPSA) is 118 Å². The van der Waals surface area contributed by atoms with Crippen LogP contribution in [0, 0.1) is 0 Å². The molecule has 0 radical (unpaired) electrons. The molecule has 10 heteroatoms. The van der Waals surface area contributed by atoms with Gasteiger partial charge in [-0.05, 0) is 15.4 Å². The predicted molar refractivity (Wildman–Crippen MR) is 144 cm³/mol. The molecule has 0 spiro atoms. The molecule has 1 aliphatic rings. The summed E-state index contributed by atoms with van der Waals surface area (Å²) >= 11 is 0. The summed E-state index contributed by atoms with van der Waals surface area (Å²) in [6.07, 6.45) is 0.100. The maximum atomic E-state index is 11.3. The van der Waals surface area contributed by atoms with E-state index in [1.54, 1.807) is 18.0 Å². The summed E-state index contributed by atoms with van der Waals surface area (Å²) in [5.74, 6) is 0.280. The number of benzene rings is 2. The number of imidazole rings is 1. The monoisotopic (exact) mass is 519 g/mol. The first-order chi connectivity index (χ1) is 17.8. The van der Waals surface area contributed by atoms with Gasteiger partial charge in [0.1, 0.15) is 30.2 Å².